The Morgan fingerprint density at radius 3 is 1.71 bits per heavy atom. The molecule has 6 N–H and O–H groups in total. The summed E-state index contributed by atoms with van der Waals surface area (Å²) >= 11 is 0. The first-order valence-corrected chi connectivity index (χ1v) is 13.8. The molecule has 1 fully saturated rings. The van der Waals surface area contributed by atoms with Gasteiger partial charge in [0.2, 0.25) is 0 Å². The fourth-order valence-corrected chi connectivity index (χ4v) is 5.08. The molecule has 0 spiro atoms. The summed E-state index contributed by atoms with van der Waals surface area (Å²) in [6.45, 7) is 4.31. The second kappa shape index (κ2) is 16.2. The average molecular weight is 572 g/mol. The van der Waals surface area contributed by atoms with Gasteiger partial charge < -0.3 is 31.1 Å². The quantitative estimate of drug-likeness (QED) is 0.187. The zero-order valence-corrected chi connectivity index (χ0v) is 23.2. The maximum absolute atomic E-state index is 12.1. The van der Waals surface area contributed by atoms with E-state index >= 15 is 0 Å². The van der Waals surface area contributed by atoms with E-state index in [0.29, 0.717) is 45.8 Å². The van der Waals surface area contributed by atoms with E-state index < -0.39 is 29.6 Å². The van der Waals surface area contributed by atoms with Crippen LogP contribution in [0.2, 0.25) is 0 Å². The van der Waals surface area contributed by atoms with Gasteiger partial charge in [-0.1, -0.05) is 60.7 Å². The van der Waals surface area contributed by atoms with Crippen molar-refractivity contribution in [3.05, 3.63) is 71.8 Å². The van der Waals surface area contributed by atoms with Gasteiger partial charge in [0, 0.05) is 78.5 Å². The first kappa shape index (κ1) is 32.1. The molecular weight excluding hydrogens is 530 g/mol. The van der Waals surface area contributed by atoms with E-state index in [1.165, 1.54) is 0 Å². The van der Waals surface area contributed by atoms with Crippen molar-refractivity contribution in [2.24, 2.45) is 0 Å². The van der Waals surface area contributed by atoms with Crippen molar-refractivity contribution in [2.45, 2.75) is 24.7 Å². The standard InChI is InChI=1S/C29H41N5O7/c35-25(22-33(19-23-7-3-1-4-8-23)20-24-9-5-2-6-10-24)21-32-15-13-30-11-12-31-14-16-34(18-17-32)29(26(36)37,27(38)39)28(40)41/h1-10,25,30-31,35H,11-22H2,(H,36,37)(H,38,39)(H,40,41). The van der Waals surface area contributed by atoms with Crippen LogP contribution in [0.1, 0.15) is 11.1 Å². The average Bonchev–Trinajstić information content (AvgIpc) is 2.92. The Morgan fingerprint density at radius 2 is 1.22 bits per heavy atom. The van der Waals surface area contributed by atoms with Crippen LogP contribution >= 0.6 is 0 Å². The highest BCUT2D eigenvalue weighted by atomic mass is 16.4. The molecule has 0 amide bonds. The van der Waals surface area contributed by atoms with E-state index in [4.69, 9.17) is 0 Å². The molecule has 2 aromatic rings. The Balaban J connectivity index is 1.75. The van der Waals surface area contributed by atoms with Crippen molar-refractivity contribution < 1.29 is 34.8 Å². The summed E-state index contributed by atoms with van der Waals surface area (Å²) in [6, 6.07) is 20.0. The fourth-order valence-electron chi connectivity index (χ4n) is 5.08. The van der Waals surface area contributed by atoms with Crippen LogP contribution in [0, 0.1) is 0 Å². The lowest BCUT2D eigenvalue weighted by Gasteiger charge is -2.36. The van der Waals surface area contributed by atoms with Crippen LogP contribution in [0.25, 0.3) is 0 Å². The molecule has 0 radical (unpaired) electrons. The van der Waals surface area contributed by atoms with Gasteiger partial charge in [0.15, 0.2) is 0 Å². The molecule has 1 unspecified atom stereocenters. The summed E-state index contributed by atoms with van der Waals surface area (Å²) in [7, 11) is 0. The molecule has 12 nitrogen and oxygen atoms in total. The van der Waals surface area contributed by atoms with Crippen LogP contribution in [0.5, 0.6) is 0 Å². The second-order valence-electron chi connectivity index (χ2n) is 10.2. The predicted molar refractivity (Wildman–Crippen MR) is 152 cm³/mol. The Kier molecular flexibility index (Phi) is 12.7. The van der Waals surface area contributed by atoms with E-state index in [0.717, 1.165) is 16.0 Å². The number of hydrogen-bond donors (Lipinski definition) is 6. The van der Waals surface area contributed by atoms with Gasteiger partial charge in [-0.3, -0.25) is 14.7 Å². The van der Waals surface area contributed by atoms with Crippen molar-refractivity contribution >= 4 is 17.9 Å². The molecule has 0 aromatic heterocycles. The minimum Gasteiger partial charge on any atom is -0.479 e. The molecule has 1 aliphatic rings. The number of rotatable bonds is 12. The van der Waals surface area contributed by atoms with Crippen molar-refractivity contribution in [3.63, 3.8) is 0 Å². The van der Waals surface area contributed by atoms with Gasteiger partial charge in [-0.2, -0.15) is 0 Å². The van der Waals surface area contributed by atoms with E-state index in [1.54, 1.807) is 0 Å². The first-order valence-electron chi connectivity index (χ1n) is 13.8. The van der Waals surface area contributed by atoms with Gasteiger partial charge in [0.05, 0.1) is 6.10 Å². The fraction of sp³-hybridized carbons (Fsp3) is 0.483. The number of carbonyl (C=O) groups is 3. The third kappa shape index (κ3) is 9.32. The molecular formula is C29H41N5O7. The maximum Gasteiger partial charge on any atom is 0.347 e. The highest BCUT2D eigenvalue weighted by molar-refractivity contribution is 6.21. The number of carboxylic acid groups (broad SMARTS) is 3. The molecule has 2 aromatic carbocycles. The van der Waals surface area contributed by atoms with Gasteiger partial charge in [-0.05, 0) is 11.1 Å². The zero-order valence-electron chi connectivity index (χ0n) is 23.2. The molecule has 1 aliphatic heterocycles. The topological polar surface area (TPSA) is 166 Å². The van der Waals surface area contributed by atoms with E-state index in [-0.39, 0.29) is 32.7 Å². The minimum atomic E-state index is -3.11. The van der Waals surface area contributed by atoms with Crippen LogP contribution in [0.15, 0.2) is 60.7 Å². The van der Waals surface area contributed by atoms with E-state index in [9.17, 15) is 34.8 Å². The Hall–Kier alpha value is -3.39. The van der Waals surface area contributed by atoms with Crippen LogP contribution < -0.4 is 10.6 Å². The predicted octanol–water partition coefficient (Wildman–Crippen LogP) is -0.161. The largest absolute Gasteiger partial charge is 0.479 e. The number of nitrogens with zero attached hydrogens (tertiary/aromatic N) is 3. The van der Waals surface area contributed by atoms with Crippen LogP contribution in [-0.4, -0.2) is 130 Å². The van der Waals surface area contributed by atoms with Gasteiger partial charge in [-0.15, -0.1) is 0 Å². The lowest BCUT2D eigenvalue weighted by Crippen LogP contribution is -2.67. The van der Waals surface area contributed by atoms with Crippen LogP contribution in [0.4, 0.5) is 0 Å². The minimum absolute atomic E-state index is 0.0940. The molecule has 1 heterocycles. The highest BCUT2D eigenvalue weighted by Gasteiger charge is 2.59. The highest BCUT2D eigenvalue weighted by Crippen LogP contribution is 2.18. The first-order chi connectivity index (χ1) is 19.7. The van der Waals surface area contributed by atoms with Crippen molar-refractivity contribution in [1.82, 2.24) is 25.3 Å². The summed E-state index contributed by atoms with van der Waals surface area (Å²) < 4.78 is 0. The third-order valence-corrected chi connectivity index (χ3v) is 7.17. The molecule has 41 heavy (non-hydrogen) atoms. The number of nitrogens with one attached hydrogen (secondary N) is 2. The number of benzene rings is 2. The summed E-state index contributed by atoms with van der Waals surface area (Å²) in [5, 5.41) is 46.9. The normalized spacial score (nSPS) is 17.3. The number of β-amino-alcohol motifs (C(OH)–C–C–N with tert-alkyl or cyclic N) is 1. The van der Waals surface area contributed by atoms with Crippen LogP contribution in [-0.2, 0) is 27.5 Å². The lowest BCUT2D eigenvalue weighted by molar-refractivity contribution is -0.179. The summed E-state index contributed by atoms with van der Waals surface area (Å²) in [4.78, 5) is 41.3. The maximum atomic E-state index is 12.1. The van der Waals surface area contributed by atoms with Crippen LogP contribution in [0.3, 0.4) is 0 Å². The lowest BCUT2D eigenvalue weighted by atomic mass is 9.97. The molecule has 1 saturated heterocycles. The summed E-state index contributed by atoms with van der Waals surface area (Å²) in [5.41, 5.74) is -0.887. The Labute approximate surface area is 240 Å². The summed E-state index contributed by atoms with van der Waals surface area (Å²) in [5.74, 6) is -5.85. The molecule has 0 saturated carbocycles. The summed E-state index contributed by atoms with van der Waals surface area (Å²) in [6.07, 6.45) is -0.770. The Bertz CT molecular complexity index is 1030. The molecule has 12 heteroatoms. The number of aliphatic hydroxyl groups excluding tert-OH is 1. The number of aliphatic hydroxyl groups is 1. The number of hydrogen-bond acceptors (Lipinski definition) is 9. The second-order valence-corrected chi connectivity index (χ2v) is 10.2. The molecule has 3 rings (SSSR count). The number of carboxylic acids is 3. The van der Waals surface area contributed by atoms with Gasteiger partial charge in [0.25, 0.3) is 0 Å². The van der Waals surface area contributed by atoms with Gasteiger partial charge in [-0.25, -0.2) is 14.4 Å². The van der Waals surface area contributed by atoms with Crippen molar-refractivity contribution in [1.29, 1.82) is 0 Å². The van der Waals surface area contributed by atoms with Crippen molar-refractivity contribution in [3.8, 4) is 0 Å². The Morgan fingerprint density at radius 1 is 0.732 bits per heavy atom. The van der Waals surface area contributed by atoms with Gasteiger partial charge in [0.1, 0.15) is 0 Å². The van der Waals surface area contributed by atoms with E-state index in [2.05, 4.69) is 15.5 Å². The molecule has 1 atom stereocenters. The zero-order chi connectivity index (χ0) is 29.7. The van der Waals surface area contributed by atoms with E-state index in [1.807, 2.05) is 65.6 Å². The smallest absolute Gasteiger partial charge is 0.347 e. The van der Waals surface area contributed by atoms with Crippen molar-refractivity contribution in [2.75, 3.05) is 65.4 Å². The van der Waals surface area contributed by atoms with Gasteiger partial charge >= 0.3 is 23.4 Å². The monoisotopic (exact) mass is 571 g/mol. The number of aliphatic carboxylic acids is 3. The molecule has 0 aliphatic carbocycles. The third-order valence-electron chi connectivity index (χ3n) is 7.17. The molecule has 224 valence electrons. The molecule has 0 bridgehead atoms. The SMILES string of the molecule is O=C(O)C(C(=O)O)(C(=O)O)N1CCNCCNCCN(CC(O)CN(Cc2ccccc2)Cc2ccccc2)CC1.